The Balaban J connectivity index is 1.73. The molecule has 22 heavy (non-hydrogen) atoms. The van der Waals surface area contributed by atoms with E-state index in [-0.39, 0.29) is 11.9 Å². The van der Waals surface area contributed by atoms with Crippen LogP contribution in [0.1, 0.15) is 18.9 Å². The summed E-state index contributed by atoms with van der Waals surface area (Å²) in [6.07, 6.45) is 4.52. The zero-order valence-electron chi connectivity index (χ0n) is 12.9. The van der Waals surface area contributed by atoms with Crippen LogP contribution in [0.4, 0.5) is 5.69 Å². The second-order valence-corrected chi connectivity index (χ2v) is 5.55. The summed E-state index contributed by atoms with van der Waals surface area (Å²) in [6, 6.07) is 13.9. The number of anilines is 1. The van der Waals surface area contributed by atoms with E-state index in [9.17, 15) is 4.79 Å². The highest BCUT2D eigenvalue weighted by molar-refractivity contribution is 5.99. The molecule has 2 heterocycles. The quantitative estimate of drug-likeness (QED) is 0.851. The van der Waals surface area contributed by atoms with Gasteiger partial charge in [-0.05, 0) is 36.7 Å². The van der Waals surface area contributed by atoms with E-state index in [1.165, 1.54) is 0 Å². The first-order valence-corrected chi connectivity index (χ1v) is 7.79. The number of carbonyl (C=O) groups is 1. The summed E-state index contributed by atoms with van der Waals surface area (Å²) in [6.45, 7) is 4.52. The van der Waals surface area contributed by atoms with Gasteiger partial charge < -0.3 is 4.90 Å². The Hall–Kier alpha value is -2.20. The first kappa shape index (κ1) is 14.7. The smallest absolute Gasteiger partial charge is 0.244 e. The summed E-state index contributed by atoms with van der Waals surface area (Å²) in [5.74, 6) is 0.206. The maximum absolute atomic E-state index is 12.8. The van der Waals surface area contributed by atoms with Crippen LogP contribution in [0.15, 0.2) is 54.9 Å². The first-order valence-electron chi connectivity index (χ1n) is 7.79. The lowest BCUT2D eigenvalue weighted by molar-refractivity contribution is -0.121. The SMILES string of the molecule is CCN(Cc1cccnc1)[C@H]1CCN(c2ccccc2)C1=O. The minimum absolute atomic E-state index is 0.0367. The van der Waals surface area contributed by atoms with Gasteiger partial charge >= 0.3 is 0 Å². The monoisotopic (exact) mass is 295 g/mol. The molecule has 1 fully saturated rings. The van der Waals surface area contributed by atoms with E-state index >= 15 is 0 Å². The molecule has 4 nitrogen and oxygen atoms in total. The van der Waals surface area contributed by atoms with Crippen molar-refractivity contribution in [2.24, 2.45) is 0 Å². The van der Waals surface area contributed by atoms with Crippen LogP contribution in [0.3, 0.4) is 0 Å². The van der Waals surface area contributed by atoms with Crippen LogP contribution in [0.25, 0.3) is 0 Å². The van der Waals surface area contributed by atoms with E-state index in [1.54, 1.807) is 6.20 Å². The molecule has 1 amide bonds. The van der Waals surface area contributed by atoms with Crippen molar-refractivity contribution >= 4 is 11.6 Å². The van der Waals surface area contributed by atoms with E-state index in [0.29, 0.717) is 0 Å². The lowest BCUT2D eigenvalue weighted by Gasteiger charge is -2.26. The molecule has 3 rings (SSSR count). The molecular weight excluding hydrogens is 274 g/mol. The molecule has 0 unspecified atom stereocenters. The molecule has 2 aromatic rings. The summed E-state index contributed by atoms with van der Waals surface area (Å²) in [7, 11) is 0. The van der Waals surface area contributed by atoms with E-state index in [0.717, 1.165) is 37.3 Å². The second kappa shape index (κ2) is 6.71. The minimum Gasteiger partial charge on any atom is -0.311 e. The van der Waals surface area contributed by atoms with Crippen LogP contribution < -0.4 is 4.90 Å². The number of nitrogens with zero attached hydrogens (tertiary/aromatic N) is 3. The number of benzene rings is 1. The molecule has 1 aliphatic rings. The number of likely N-dealkylation sites (N-methyl/N-ethyl adjacent to an activating group) is 1. The van der Waals surface area contributed by atoms with Gasteiger partial charge in [0.2, 0.25) is 5.91 Å². The van der Waals surface area contributed by atoms with E-state index < -0.39 is 0 Å². The summed E-state index contributed by atoms with van der Waals surface area (Å²) in [4.78, 5) is 21.1. The molecular formula is C18H21N3O. The number of rotatable bonds is 5. The number of hydrogen-bond donors (Lipinski definition) is 0. The van der Waals surface area contributed by atoms with Crippen molar-refractivity contribution in [3.63, 3.8) is 0 Å². The Labute approximate surface area is 131 Å². The number of para-hydroxylation sites is 1. The van der Waals surface area contributed by atoms with Crippen LogP contribution in [-0.4, -0.2) is 34.9 Å². The molecule has 1 aliphatic heterocycles. The molecule has 4 heteroatoms. The van der Waals surface area contributed by atoms with E-state index in [2.05, 4.69) is 22.9 Å². The molecule has 0 aliphatic carbocycles. The van der Waals surface area contributed by atoms with Gasteiger partial charge in [0.1, 0.15) is 0 Å². The van der Waals surface area contributed by atoms with Crippen molar-refractivity contribution in [1.82, 2.24) is 9.88 Å². The fraction of sp³-hybridized carbons (Fsp3) is 0.333. The average molecular weight is 295 g/mol. The fourth-order valence-corrected chi connectivity index (χ4v) is 3.04. The Morgan fingerprint density at radius 3 is 2.73 bits per heavy atom. The molecule has 114 valence electrons. The Kier molecular flexibility index (Phi) is 4.49. The van der Waals surface area contributed by atoms with E-state index in [4.69, 9.17) is 0 Å². The van der Waals surface area contributed by atoms with Gasteiger partial charge in [-0.25, -0.2) is 0 Å². The van der Waals surface area contributed by atoms with E-state index in [1.807, 2.05) is 47.5 Å². The maximum atomic E-state index is 12.8. The van der Waals surface area contributed by atoms with Crippen molar-refractivity contribution < 1.29 is 4.79 Å². The zero-order valence-corrected chi connectivity index (χ0v) is 12.9. The second-order valence-electron chi connectivity index (χ2n) is 5.55. The van der Waals surface area contributed by atoms with Crippen LogP contribution >= 0.6 is 0 Å². The number of amides is 1. The largest absolute Gasteiger partial charge is 0.311 e. The lowest BCUT2D eigenvalue weighted by atomic mass is 10.1. The highest BCUT2D eigenvalue weighted by atomic mass is 16.2. The maximum Gasteiger partial charge on any atom is 0.244 e. The summed E-state index contributed by atoms with van der Waals surface area (Å²) in [5, 5.41) is 0. The molecule has 0 spiro atoms. The molecule has 1 atom stereocenters. The van der Waals surface area contributed by atoms with Crippen molar-refractivity contribution in [3.05, 3.63) is 60.4 Å². The third kappa shape index (κ3) is 3.02. The van der Waals surface area contributed by atoms with Crippen molar-refractivity contribution in [1.29, 1.82) is 0 Å². The van der Waals surface area contributed by atoms with Crippen LogP contribution in [0.2, 0.25) is 0 Å². The van der Waals surface area contributed by atoms with Crippen LogP contribution in [-0.2, 0) is 11.3 Å². The predicted octanol–water partition coefficient (Wildman–Crippen LogP) is 2.71. The molecule has 0 N–H and O–H groups in total. The molecule has 0 saturated carbocycles. The van der Waals surface area contributed by atoms with Gasteiger partial charge in [-0.15, -0.1) is 0 Å². The topological polar surface area (TPSA) is 36.4 Å². The molecule has 1 aromatic heterocycles. The van der Waals surface area contributed by atoms with Gasteiger partial charge in [0.15, 0.2) is 0 Å². The fourth-order valence-electron chi connectivity index (χ4n) is 3.04. The molecule has 1 aromatic carbocycles. The Bertz CT molecular complexity index is 615. The Morgan fingerprint density at radius 1 is 1.23 bits per heavy atom. The van der Waals surface area contributed by atoms with Gasteiger partial charge in [0, 0.05) is 31.2 Å². The van der Waals surface area contributed by atoms with Crippen LogP contribution in [0, 0.1) is 0 Å². The molecule has 0 radical (unpaired) electrons. The minimum atomic E-state index is -0.0367. The number of aromatic nitrogens is 1. The van der Waals surface area contributed by atoms with Gasteiger partial charge in [-0.1, -0.05) is 31.2 Å². The van der Waals surface area contributed by atoms with Crippen molar-refractivity contribution in [3.8, 4) is 0 Å². The zero-order chi connectivity index (χ0) is 15.4. The Morgan fingerprint density at radius 2 is 2.05 bits per heavy atom. The highest BCUT2D eigenvalue weighted by Crippen LogP contribution is 2.25. The summed E-state index contributed by atoms with van der Waals surface area (Å²) in [5.41, 5.74) is 2.14. The average Bonchev–Trinajstić information content (AvgIpc) is 2.96. The highest BCUT2D eigenvalue weighted by Gasteiger charge is 2.35. The molecule has 1 saturated heterocycles. The van der Waals surface area contributed by atoms with Crippen molar-refractivity contribution in [2.45, 2.75) is 25.9 Å². The number of carbonyl (C=O) groups excluding carboxylic acids is 1. The van der Waals surface area contributed by atoms with Crippen LogP contribution in [0.5, 0.6) is 0 Å². The summed E-state index contributed by atoms with van der Waals surface area (Å²) < 4.78 is 0. The van der Waals surface area contributed by atoms with Gasteiger partial charge in [-0.2, -0.15) is 0 Å². The van der Waals surface area contributed by atoms with Crippen molar-refractivity contribution in [2.75, 3.05) is 18.0 Å². The van der Waals surface area contributed by atoms with Gasteiger partial charge in [0.25, 0.3) is 0 Å². The summed E-state index contributed by atoms with van der Waals surface area (Å²) >= 11 is 0. The molecule has 0 bridgehead atoms. The third-order valence-electron chi connectivity index (χ3n) is 4.20. The first-order chi connectivity index (χ1) is 10.8. The standard InChI is InChI=1S/C18H21N3O/c1-2-20(14-15-7-6-11-19-13-15)17-10-12-21(18(17)22)16-8-4-3-5-9-16/h3-9,11,13,17H,2,10,12,14H2,1H3/t17-/m0/s1. The predicted molar refractivity (Wildman–Crippen MR) is 87.5 cm³/mol. The van der Waals surface area contributed by atoms with Gasteiger partial charge in [0.05, 0.1) is 6.04 Å². The lowest BCUT2D eigenvalue weighted by Crippen LogP contribution is -2.41. The van der Waals surface area contributed by atoms with Gasteiger partial charge in [-0.3, -0.25) is 14.7 Å². The normalized spacial score (nSPS) is 18.2. The third-order valence-corrected chi connectivity index (χ3v) is 4.20. The number of pyridine rings is 1. The number of hydrogen-bond acceptors (Lipinski definition) is 3.